The number of benzene rings is 3. The highest BCUT2D eigenvalue weighted by molar-refractivity contribution is 7.12. The summed E-state index contributed by atoms with van der Waals surface area (Å²) in [4.78, 5) is 13.3. The standard InChI is InChI=1S/C24H20N2OS/c27-23(22-17-10-18-28-22)25-26-24(19-11-4-1-5-12-19,20-13-6-2-7-14-20)21-15-8-3-9-16-21/h1-18,26H,(H,25,27). The Morgan fingerprint density at radius 3 is 1.50 bits per heavy atom. The van der Waals surface area contributed by atoms with Gasteiger partial charge in [0.05, 0.1) is 4.88 Å². The van der Waals surface area contributed by atoms with Gasteiger partial charge in [0, 0.05) is 0 Å². The van der Waals surface area contributed by atoms with Crippen LogP contribution >= 0.6 is 11.3 Å². The maximum atomic E-state index is 12.7. The number of hydrazine groups is 1. The van der Waals surface area contributed by atoms with Gasteiger partial charge in [0.1, 0.15) is 5.54 Å². The minimum absolute atomic E-state index is 0.151. The zero-order chi connectivity index (χ0) is 19.2. The molecule has 3 nitrogen and oxygen atoms in total. The second kappa shape index (κ2) is 8.21. The van der Waals surface area contributed by atoms with Crippen LogP contribution in [0.15, 0.2) is 109 Å². The fourth-order valence-electron chi connectivity index (χ4n) is 3.40. The summed E-state index contributed by atoms with van der Waals surface area (Å²) in [6.07, 6.45) is 0. The maximum absolute atomic E-state index is 12.7. The van der Waals surface area contributed by atoms with Crippen LogP contribution in [0.4, 0.5) is 0 Å². The maximum Gasteiger partial charge on any atom is 0.275 e. The Bertz CT molecular complexity index is 920. The monoisotopic (exact) mass is 384 g/mol. The van der Waals surface area contributed by atoms with Gasteiger partial charge in [0.15, 0.2) is 0 Å². The SMILES string of the molecule is O=C(NNC(c1ccccc1)(c1ccccc1)c1ccccc1)c1cccs1. The van der Waals surface area contributed by atoms with Crippen molar-refractivity contribution >= 4 is 17.2 Å². The summed E-state index contributed by atoms with van der Waals surface area (Å²) in [7, 11) is 0. The van der Waals surface area contributed by atoms with Crippen molar-refractivity contribution in [2.75, 3.05) is 0 Å². The van der Waals surface area contributed by atoms with Crippen molar-refractivity contribution in [2.45, 2.75) is 5.54 Å². The third-order valence-electron chi connectivity index (χ3n) is 4.73. The summed E-state index contributed by atoms with van der Waals surface area (Å²) in [5.74, 6) is -0.151. The van der Waals surface area contributed by atoms with Crippen LogP contribution in [0.25, 0.3) is 0 Å². The Morgan fingerprint density at radius 2 is 1.11 bits per heavy atom. The number of thiophene rings is 1. The fourth-order valence-corrected chi connectivity index (χ4v) is 4.02. The van der Waals surface area contributed by atoms with Crippen LogP contribution in [-0.4, -0.2) is 5.91 Å². The highest BCUT2D eigenvalue weighted by Gasteiger charge is 2.36. The number of carbonyl (C=O) groups excluding carboxylic acids is 1. The summed E-state index contributed by atoms with van der Waals surface area (Å²) in [5.41, 5.74) is 8.72. The zero-order valence-electron chi connectivity index (χ0n) is 15.2. The topological polar surface area (TPSA) is 41.1 Å². The van der Waals surface area contributed by atoms with E-state index in [1.54, 1.807) is 0 Å². The molecule has 1 aromatic heterocycles. The van der Waals surface area contributed by atoms with E-state index in [9.17, 15) is 4.79 Å². The van der Waals surface area contributed by atoms with Crippen molar-refractivity contribution in [3.63, 3.8) is 0 Å². The molecule has 0 aliphatic carbocycles. The molecule has 28 heavy (non-hydrogen) atoms. The molecule has 0 unspecified atom stereocenters. The highest BCUT2D eigenvalue weighted by Crippen LogP contribution is 2.36. The Hall–Kier alpha value is -3.21. The van der Waals surface area contributed by atoms with Gasteiger partial charge in [0.2, 0.25) is 0 Å². The Balaban J connectivity index is 1.84. The highest BCUT2D eigenvalue weighted by atomic mass is 32.1. The molecule has 0 aliphatic rings. The van der Waals surface area contributed by atoms with E-state index in [2.05, 4.69) is 47.2 Å². The van der Waals surface area contributed by atoms with Gasteiger partial charge in [-0.25, -0.2) is 5.43 Å². The Kier molecular flexibility index (Phi) is 5.33. The molecule has 1 heterocycles. The number of hydrogen-bond acceptors (Lipinski definition) is 3. The molecule has 0 spiro atoms. The summed E-state index contributed by atoms with van der Waals surface area (Å²) >= 11 is 1.42. The molecule has 4 heteroatoms. The third kappa shape index (κ3) is 3.48. The molecule has 0 bridgehead atoms. The van der Waals surface area contributed by atoms with Crippen molar-refractivity contribution in [3.8, 4) is 0 Å². The van der Waals surface area contributed by atoms with Gasteiger partial charge in [0.25, 0.3) is 5.91 Å². The largest absolute Gasteiger partial charge is 0.285 e. The predicted octanol–water partition coefficient (Wildman–Crippen LogP) is 4.97. The summed E-state index contributed by atoms with van der Waals surface area (Å²) in [6, 6.07) is 34.2. The van der Waals surface area contributed by atoms with E-state index in [4.69, 9.17) is 0 Å². The van der Waals surface area contributed by atoms with Crippen LogP contribution in [-0.2, 0) is 5.54 Å². The summed E-state index contributed by atoms with van der Waals surface area (Å²) in [5, 5.41) is 1.90. The predicted molar refractivity (Wildman–Crippen MR) is 114 cm³/mol. The lowest BCUT2D eigenvalue weighted by atomic mass is 9.77. The normalized spacial score (nSPS) is 11.1. The van der Waals surface area contributed by atoms with Crippen LogP contribution in [0, 0.1) is 0 Å². The number of nitrogens with one attached hydrogen (secondary N) is 2. The van der Waals surface area contributed by atoms with E-state index < -0.39 is 5.54 Å². The fraction of sp³-hybridized carbons (Fsp3) is 0.0417. The molecule has 2 N–H and O–H groups in total. The van der Waals surface area contributed by atoms with Gasteiger partial charge in [-0.2, -0.15) is 0 Å². The average Bonchev–Trinajstić information content (AvgIpc) is 3.31. The summed E-state index contributed by atoms with van der Waals surface area (Å²) < 4.78 is 0. The van der Waals surface area contributed by atoms with Crippen LogP contribution in [0.5, 0.6) is 0 Å². The van der Waals surface area contributed by atoms with E-state index >= 15 is 0 Å². The Labute approximate surface area is 168 Å². The lowest BCUT2D eigenvalue weighted by Crippen LogP contribution is -2.53. The lowest BCUT2D eigenvalue weighted by molar-refractivity contribution is 0.0923. The van der Waals surface area contributed by atoms with Gasteiger partial charge in [-0.05, 0) is 28.1 Å². The van der Waals surface area contributed by atoms with Crippen LogP contribution in [0.1, 0.15) is 26.4 Å². The minimum Gasteiger partial charge on any atom is -0.285 e. The van der Waals surface area contributed by atoms with Gasteiger partial charge in [-0.1, -0.05) is 97.1 Å². The zero-order valence-corrected chi connectivity index (χ0v) is 16.0. The molecule has 0 saturated carbocycles. The molecule has 4 rings (SSSR count). The number of rotatable bonds is 6. The molecule has 0 radical (unpaired) electrons. The molecule has 0 saturated heterocycles. The average molecular weight is 385 g/mol. The molecule has 138 valence electrons. The van der Waals surface area contributed by atoms with Gasteiger partial charge >= 0.3 is 0 Å². The quantitative estimate of drug-likeness (QED) is 0.364. The molecule has 4 aromatic rings. The molecule has 1 amide bonds. The second-order valence-corrected chi connectivity index (χ2v) is 7.35. The Morgan fingerprint density at radius 1 is 0.643 bits per heavy atom. The number of amides is 1. The molecule has 0 atom stereocenters. The van der Waals surface area contributed by atoms with Gasteiger partial charge in [-0.3, -0.25) is 10.2 Å². The first-order valence-corrected chi connectivity index (χ1v) is 9.96. The van der Waals surface area contributed by atoms with Crippen molar-refractivity contribution in [3.05, 3.63) is 130 Å². The first-order valence-electron chi connectivity index (χ1n) is 9.08. The second-order valence-electron chi connectivity index (χ2n) is 6.40. The lowest BCUT2D eigenvalue weighted by Gasteiger charge is -2.36. The van der Waals surface area contributed by atoms with Crippen molar-refractivity contribution in [1.82, 2.24) is 10.9 Å². The van der Waals surface area contributed by atoms with Crippen molar-refractivity contribution < 1.29 is 4.79 Å². The van der Waals surface area contributed by atoms with Crippen LogP contribution in [0.2, 0.25) is 0 Å². The molecular formula is C24H20N2OS. The molecule has 0 fully saturated rings. The number of carbonyl (C=O) groups is 1. The third-order valence-corrected chi connectivity index (χ3v) is 5.60. The van der Waals surface area contributed by atoms with Crippen molar-refractivity contribution in [1.29, 1.82) is 0 Å². The minimum atomic E-state index is -0.725. The van der Waals surface area contributed by atoms with E-state index in [1.807, 2.05) is 72.1 Å². The number of hydrogen-bond donors (Lipinski definition) is 2. The van der Waals surface area contributed by atoms with Crippen LogP contribution in [0.3, 0.4) is 0 Å². The van der Waals surface area contributed by atoms with Crippen molar-refractivity contribution in [2.24, 2.45) is 0 Å². The van der Waals surface area contributed by atoms with Gasteiger partial charge < -0.3 is 0 Å². The molecule has 3 aromatic carbocycles. The van der Waals surface area contributed by atoms with Gasteiger partial charge in [-0.15, -0.1) is 11.3 Å². The van der Waals surface area contributed by atoms with E-state index in [-0.39, 0.29) is 5.91 Å². The smallest absolute Gasteiger partial charge is 0.275 e. The first-order chi connectivity index (χ1) is 13.8. The molecular weight excluding hydrogens is 364 g/mol. The first kappa shape index (κ1) is 18.2. The van der Waals surface area contributed by atoms with Crippen LogP contribution < -0.4 is 10.9 Å². The van der Waals surface area contributed by atoms with E-state index in [0.717, 1.165) is 16.7 Å². The van der Waals surface area contributed by atoms with E-state index in [1.165, 1.54) is 11.3 Å². The molecule has 0 aliphatic heterocycles. The van der Waals surface area contributed by atoms with E-state index in [0.29, 0.717) is 4.88 Å². The summed E-state index contributed by atoms with van der Waals surface area (Å²) in [6.45, 7) is 0.